The summed E-state index contributed by atoms with van der Waals surface area (Å²) in [4.78, 5) is 14.5. The zero-order valence-electron chi connectivity index (χ0n) is 10.9. The summed E-state index contributed by atoms with van der Waals surface area (Å²) >= 11 is 5.73. The van der Waals surface area contributed by atoms with Crippen LogP contribution < -0.4 is 0 Å². The van der Waals surface area contributed by atoms with Crippen LogP contribution in [0.1, 0.15) is 16.2 Å². The maximum Gasteiger partial charge on any atom is 0.355 e. The molecule has 0 spiro atoms. The number of nitrogens with one attached hydrogen (secondary N) is 1. The summed E-state index contributed by atoms with van der Waals surface area (Å²) in [6.45, 7) is 0.00923. The number of aromatic nitrogens is 2. The fourth-order valence-electron chi connectivity index (χ4n) is 1.83. The molecule has 0 amide bonds. The first-order chi connectivity index (χ1) is 10.2. The molecule has 2 heterocycles. The molecule has 2 aromatic heterocycles. The lowest BCUT2D eigenvalue weighted by molar-refractivity contribution is 0.0431. The van der Waals surface area contributed by atoms with Crippen LogP contribution >= 0.6 is 11.6 Å². The van der Waals surface area contributed by atoms with E-state index in [1.807, 2.05) is 30.3 Å². The summed E-state index contributed by atoms with van der Waals surface area (Å²) in [7, 11) is 0. The fraction of sp³-hybridized carbons (Fsp3) is 0.0667. The van der Waals surface area contributed by atoms with Gasteiger partial charge < -0.3 is 14.2 Å². The van der Waals surface area contributed by atoms with Crippen molar-refractivity contribution in [3.63, 3.8) is 0 Å². The topological polar surface area (TPSA) is 68.1 Å². The maximum atomic E-state index is 11.7. The Labute approximate surface area is 125 Å². The summed E-state index contributed by atoms with van der Waals surface area (Å²) < 4.78 is 10.3. The van der Waals surface area contributed by atoms with Crippen LogP contribution in [-0.2, 0) is 11.3 Å². The number of carbonyl (C=O) groups is 1. The van der Waals surface area contributed by atoms with Crippen LogP contribution in [0.4, 0.5) is 0 Å². The Balaban J connectivity index is 1.64. The standard InChI is InChI=1S/C15H11ClN2O3/c16-11-6-14(17-8-11)15(19)20-9-12-7-13(18-21-12)10-4-2-1-3-5-10/h1-8,17H,9H2. The second kappa shape index (κ2) is 5.85. The molecule has 1 aromatic carbocycles. The number of carbonyl (C=O) groups excluding carboxylic acids is 1. The first-order valence-corrected chi connectivity index (χ1v) is 6.62. The van der Waals surface area contributed by atoms with E-state index in [2.05, 4.69) is 10.1 Å². The van der Waals surface area contributed by atoms with Crippen molar-refractivity contribution in [2.45, 2.75) is 6.61 Å². The highest BCUT2D eigenvalue weighted by Crippen LogP contribution is 2.19. The van der Waals surface area contributed by atoms with Gasteiger partial charge in [0.05, 0.1) is 5.02 Å². The number of ether oxygens (including phenoxy) is 1. The molecular formula is C15H11ClN2O3. The van der Waals surface area contributed by atoms with E-state index in [4.69, 9.17) is 20.9 Å². The molecule has 3 aromatic rings. The Morgan fingerprint density at radius 1 is 1.29 bits per heavy atom. The van der Waals surface area contributed by atoms with Crippen molar-refractivity contribution in [3.05, 3.63) is 65.1 Å². The van der Waals surface area contributed by atoms with Crippen molar-refractivity contribution < 1.29 is 14.1 Å². The van der Waals surface area contributed by atoms with Crippen molar-refractivity contribution in [3.8, 4) is 11.3 Å². The number of benzene rings is 1. The van der Waals surface area contributed by atoms with E-state index in [1.54, 1.807) is 6.07 Å². The largest absolute Gasteiger partial charge is 0.453 e. The molecule has 0 radical (unpaired) electrons. The molecule has 3 rings (SSSR count). The highest BCUT2D eigenvalue weighted by atomic mass is 35.5. The molecule has 1 N–H and O–H groups in total. The molecule has 0 saturated carbocycles. The summed E-state index contributed by atoms with van der Waals surface area (Å²) in [6, 6.07) is 12.8. The van der Waals surface area contributed by atoms with E-state index in [1.165, 1.54) is 12.3 Å². The molecule has 21 heavy (non-hydrogen) atoms. The molecule has 0 saturated heterocycles. The molecule has 106 valence electrons. The van der Waals surface area contributed by atoms with Gasteiger partial charge in [0.1, 0.15) is 11.4 Å². The SMILES string of the molecule is O=C(OCc1cc(-c2ccccc2)no1)c1cc(Cl)c[nH]1. The van der Waals surface area contributed by atoms with E-state index in [-0.39, 0.29) is 6.61 Å². The van der Waals surface area contributed by atoms with E-state index in [0.29, 0.717) is 22.2 Å². The summed E-state index contributed by atoms with van der Waals surface area (Å²) in [5, 5.41) is 4.40. The second-order valence-electron chi connectivity index (χ2n) is 4.35. The van der Waals surface area contributed by atoms with Gasteiger partial charge in [-0.2, -0.15) is 0 Å². The highest BCUT2D eigenvalue weighted by molar-refractivity contribution is 6.30. The van der Waals surface area contributed by atoms with E-state index < -0.39 is 5.97 Å². The minimum absolute atomic E-state index is 0.00923. The molecular weight excluding hydrogens is 292 g/mol. The number of nitrogens with zero attached hydrogens (tertiary/aromatic N) is 1. The molecule has 0 aliphatic carbocycles. The summed E-state index contributed by atoms with van der Waals surface area (Å²) in [5.41, 5.74) is 1.93. The third kappa shape index (κ3) is 3.14. The Morgan fingerprint density at radius 2 is 2.10 bits per heavy atom. The van der Waals surface area contributed by atoms with Gasteiger partial charge in [-0.25, -0.2) is 4.79 Å². The van der Waals surface area contributed by atoms with E-state index >= 15 is 0 Å². The molecule has 0 aliphatic heterocycles. The van der Waals surface area contributed by atoms with Crippen molar-refractivity contribution in [1.82, 2.24) is 10.1 Å². The van der Waals surface area contributed by atoms with Crippen LogP contribution in [0.3, 0.4) is 0 Å². The molecule has 0 unspecified atom stereocenters. The number of halogens is 1. The molecule has 0 fully saturated rings. The average molecular weight is 303 g/mol. The third-order valence-electron chi connectivity index (χ3n) is 2.84. The van der Waals surface area contributed by atoms with Crippen LogP contribution in [0.5, 0.6) is 0 Å². The van der Waals surface area contributed by atoms with Gasteiger partial charge >= 0.3 is 5.97 Å². The lowest BCUT2D eigenvalue weighted by atomic mass is 10.1. The van der Waals surface area contributed by atoms with Gasteiger partial charge in [0.2, 0.25) is 0 Å². The quantitative estimate of drug-likeness (QED) is 0.746. The van der Waals surface area contributed by atoms with Crippen molar-refractivity contribution in [2.24, 2.45) is 0 Å². The summed E-state index contributed by atoms with van der Waals surface area (Å²) in [5.74, 6) is -0.0283. The fourth-order valence-corrected chi connectivity index (χ4v) is 1.99. The van der Waals surface area contributed by atoms with Crippen molar-refractivity contribution in [2.75, 3.05) is 0 Å². The predicted octanol–water partition coefficient (Wildman–Crippen LogP) is 3.68. The van der Waals surface area contributed by atoms with Gasteiger partial charge in [0.25, 0.3) is 0 Å². The van der Waals surface area contributed by atoms with Gasteiger partial charge in [0, 0.05) is 17.8 Å². The normalized spacial score (nSPS) is 10.5. The van der Waals surface area contributed by atoms with Gasteiger partial charge in [-0.05, 0) is 6.07 Å². The van der Waals surface area contributed by atoms with Crippen LogP contribution in [0.2, 0.25) is 5.02 Å². The van der Waals surface area contributed by atoms with E-state index in [9.17, 15) is 4.79 Å². The van der Waals surface area contributed by atoms with Crippen molar-refractivity contribution in [1.29, 1.82) is 0 Å². The number of hydrogen-bond acceptors (Lipinski definition) is 4. The van der Waals surface area contributed by atoms with Gasteiger partial charge in [0.15, 0.2) is 12.4 Å². The predicted molar refractivity (Wildman–Crippen MR) is 76.9 cm³/mol. The minimum atomic E-state index is -0.500. The maximum absolute atomic E-state index is 11.7. The lowest BCUT2D eigenvalue weighted by Gasteiger charge is -1.99. The summed E-state index contributed by atoms with van der Waals surface area (Å²) in [6.07, 6.45) is 1.51. The first-order valence-electron chi connectivity index (χ1n) is 6.24. The number of aromatic amines is 1. The monoisotopic (exact) mass is 302 g/mol. The van der Waals surface area contributed by atoms with Gasteiger partial charge in [-0.15, -0.1) is 0 Å². The van der Waals surface area contributed by atoms with Crippen LogP contribution in [0, 0.1) is 0 Å². The second-order valence-corrected chi connectivity index (χ2v) is 4.79. The molecule has 0 bridgehead atoms. The van der Waals surface area contributed by atoms with Gasteiger partial charge in [-0.3, -0.25) is 0 Å². The smallest absolute Gasteiger partial charge is 0.355 e. The van der Waals surface area contributed by atoms with Crippen LogP contribution in [-0.4, -0.2) is 16.1 Å². The minimum Gasteiger partial charge on any atom is -0.453 e. The van der Waals surface area contributed by atoms with E-state index in [0.717, 1.165) is 5.56 Å². The third-order valence-corrected chi connectivity index (χ3v) is 3.06. The van der Waals surface area contributed by atoms with Crippen LogP contribution in [0.15, 0.2) is 53.2 Å². The van der Waals surface area contributed by atoms with Crippen LogP contribution in [0.25, 0.3) is 11.3 Å². The molecule has 0 atom stereocenters. The first kappa shape index (κ1) is 13.5. The Hall–Kier alpha value is -2.53. The molecule has 5 nitrogen and oxygen atoms in total. The lowest BCUT2D eigenvalue weighted by Crippen LogP contribution is -2.04. The molecule has 0 aliphatic rings. The number of hydrogen-bond donors (Lipinski definition) is 1. The number of esters is 1. The Kier molecular flexibility index (Phi) is 3.75. The highest BCUT2D eigenvalue weighted by Gasteiger charge is 2.12. The Bertz CT molecular complexity index is 749. The molecule has 6 heteroatoms. The Morgan fingerprint density at radius 3 is 2.81 bits per heavy atom. The zero-order valence-corrected chi connectivity index (χ0v) is 11.6. The van der Waals surface area contributed by atoms with Crippen molar-refractivity contribution >= 4 is 17.6 Å². The average Bonchev–Trinajstić information content (AvgIpc) is 3.15. The number of rotatable bonds is 4. The zero-order chi connectivity index (χ0) is 14.7. The number of H-pyrrole nitrogens is 1. The van der Waals surface area contributed by atoms with Gasteiger partial charge in [-0.1, -0.05) is 47.1 Å².